The molecule has 0 aliphatic heterocycles. The second kappa shape index (κ2) is 5.02. The molecule has 84 valence electrons. The first-order valence-corrected chi connectivity index (χ1v) is 4.48. The Kier molecular flexibility index (Phi) is 3.96. The summed E-state index contributed by atoms with van der Waals surface area (Å²) in [4.78, 5) is 0. The van der Waals surface area contributed by atoms with Gasteiger partial charge in [0.1, 0.15) is 12.4 Å². The standard InChI is InChI=1S/C10H12F3NO/c1-14-5-6-15-9-4-2-3-8(7-9)10(11,12)13/h2-4,7,14H,5-6H2,1H3. The molecule has 0 atom stereocenters. The van der Waals surface area contributed by atoms with Crippen LogP contribution >= 0.6 is 0 Å². The molecule has 0 amide bonds. The van der Waals surface area contributed by atoms with Gasteiger partial charge in [-0.2, -0.15) is 13.2 Å². The lowest BCUT2D eigenvalue weighted by Crippen LogP contribution is -2.16. The fourth-order valence-corrected chi connectivity index (χ4v) is 1.03. The first-order valence-electron chi connectivity index (χ1n) is 4.48. The summed E-state index contributed by atoms with van der Waals surface area (Å²) in [5.74, 6) is 0.236. The molecule has 0 fully saturated rings. The van der Waals surface area contributed by atoms with Crippen LogP contribution in [0.15, 0.2) is 24.3 Å². The first kappa shape index (κ1) is 11.8. The third kappa shape index (κ3) is 3.79. The van der Waals surface area contributed by atoms with E-state index in [2.05, 4.69) is 5.32 Å². The van der Waals surface area contributed by atoms with Gasteiger partial charge in [-0.25, -0.2) is 0 Å². The Balaban J connectivity index is 2.66. The number of halogens is 3. The first-order chi connectivity index (χ1) is 7.04. The molecule has 1 N–H and O–H groups in total. The second-order valence-corrected chi connectivity index (χ2v) is 2.98. The van der Waals surface area contributed by atoms with Crippen LogP contribution in [0, 0.1) is 0 Å². The van der Waals surface area contributed by atoms with Crippen molar-refractivity contribution in [3.8, 4) is 5.75 Å². The van der Waals surface area contributed by atoms with Crippen molar-refractivity contribution in [2.45, 2.75) is 6.18 Å². The normalized spacial score (nSPS) is 11.5. The van der Waals surface area contributed by atoms with Crippen molar-refractivity contribution in [1.82, 2.24) is 5.32 Å². The summed E-state index contributed by atoms with van der Waals surface area (Å²) >= 11 is 0. The van der Waals surface area contributed by atoms with Gasteiger partial charge in [-0.3, -0.25) is 0 Å². The van der Waals surface area contributed by atoms with Gasteiger partial charge in [0.2, 0.25) is 0 Å². The van der Waals surface area contributed by atoms with Gasteiger partial charge in [0.25, 0.3) is 0 Å². The molecular weight excluding hydrogens is 207 g/mol. The minimum Gasteiger partial charge on any atom is -0.492 e. The van der Waals surface area contributed by atoms with E-state index in [-0.39, 0.29) is 5.75 Å². The largest absolute Gasteiger partial charge is 0.492 e. The Labute approximate surface area is 86.1 Å². The third-order valence-electron chi connectivity index (χ3n) is 1.78. The lowest BCUT2D eigenvalue weighted by atomic mass is 10.2. The molecule has 15 heavy (non-hydrogen) atoms. The summed E-state index contributed by atoms with van der Waals surface area (Å²) in [5.41, 5.74) is -0.690. The number of hydrogen-bond donors (Lipinski definition) is 1. The molecule has 0 aromatic heterocycles. The van der Waals surface area contributed by atoms with E-state index in [0.29, 0.717) is 13.2 Å². The SMILES string of the molecule is CNCCOc1cccc(C(F)(F)F)c1. The Morgan fingerprint density at radius 2 is 2.07 bits per heavy atom. The van der Waals surface area contributed by atoms with Crippen molar-refractivity contribution in [3.05, 3.63) is 29.8 Å². The molecule has 0 aliphatic carbocycles. The van der Waals surface area contributed by atoms with Crippen molar-refractivity contribution in [2.24, 2.45) is 0 Å². The molecule has 0 saturated heterocycles. The Morgan fingerprint density at radius 1 is 1.33 bits per heavy atom. The van der Waals surface area contributed by atoms with Crippen LogP contribution in [0.4, 0.5) is 13.2 Å². The highest BCUT2D eigenvalue weighted by atomic mass is 19.4. The highest BCUT2D eigenvalue weighted by Crippen LogP contribution is 2.31. The molecule has 1 aromatic carbocycles. The summed E-state index contributed by atoms with van der Waals surface area (Å²) in [6, 6.07) is 4.85. The summed E-state index contributed by atoms with van der Waals surface area (Å²) in [6.45, 7) is 0.939. The van der Waals surface area contributed by atoms with E-state index in [1.54, 1.807) is 7.05 Å². The highest BCUT2D eigenvalue weighted by Gasteiger charge is 2.30. The fraction of sp³-hybridized carbons (Fsp3) is 0.400. The van der Waals surface area contributed by atoms with E-state index in [0.717, 1.165) is 12.1 Å². The Bertz CT molecular complexity index is 312. The monoisotopic (exact) mass is 219 g/mol. The minimum absolute atomic E-state index is 0.236. The topological polar surface area (TPSA) is 21.3 Å². The van der Waals surface area contributed by atoms with Crippen molar-refractivity contribution < 1.29 is 17.9 Å². The number of rotatable bonds is 4. The number of alkyl halides is 3. The molecule has 0 heterocycles. The molecule has 0 bridgehead atoms. The van der Waals surface area contributed by atoms with Crippen LogP contribution in [-0.2, 0) is 6.18 Å². The maximum atomic E-state index is 12.3. The summed E-state index contributed by atoms with van der Waals surface area (Å²) in [7, 11) is 1.75. The third-order valence-corrected chi connectivity index (χ3v) is 1.78. The molecule has 0 saturated carbocycles. The van der Waals surface area contributed by atoms with E-state index in [1.165, 1.54) is 12.1 Å². The maximum Gasteiger partial charge on any atom is 0.416 e. The molecule has 1 aromatic rings. The number of likely N-dealkylation sites (N-methyl/N-ethyl adjacent to an activating group) is 1. The van der Waals surface area contributed by atoms with Crippen LogP contribution in [0.2, 0.25) is 0 Å². The van der Waals surface area contributed by atoms with E-state index in [1.807, 2.05) is 0 Å². The summed E-state index contributed by atoms with van der Waals surface area (Å²) < 4.78 is 42.0. The molecule has 0 unspecified atom stereocenters. The Hall–Kier alpha value is -1.23. The molecule has 0 spiro atoms. The summed E-state index contributed by atoms with van der Waals surface area (Å²) in [6.07, 6.45) is -4.32. The second-order valence-electron chi connectivity index (χ2n) is 2.98. The average molecular weight is 219 g/mol. The van der Waals surface area contributed by atoms with Crippen molar-refractivity contribution in [3.63, 3.8) is 0 Å². The number of ether oxygens (including phenoxy) is 1. The van der Waals surface area contributed by atoms with Crippen LogP contribution in [0.5, 0.6) is 5.75 Å². The number of nitrogens with one attached hydrogen (secondary N) is 1. The van der Waals surface area contributed by atoms with Crippen molar-refractivity contribution >= 4 is 0 Å². The molecule has 0 aliphatic rings. The predicted molar refractivity (Wildman–Crippen MR) is 50.9 cm³/mol. The van der Waals surface area contributed by atoms with Gasteiger partial charge < -0.3 is 10.1 Å². The Morgan fingerprint density at radius 3 is 2.67 bits per heavy atom. The summed E-state index contributed by atoms with van der Waals surface area (Å²) in [5, 5.41) is 2.84. The number of benzene rings is 1. The zero-order valence-corrected chi connectivity index (χ0v) is 8.27. The lowest BCUT2D eigenvalue weighted by Gasteiger charge is -2.09. The van der Waals surface area contributed by atoms with Gasteiger partial charge in [-0.1, -0.05) is 6.07 Å². The van der Waals surface area contributed by atoms with Gasteiger partial charge in [0.05, 0.1) is 5.56 Å². The van der Waals surface area contributed by atoms with Crippen LogP contribution in [0.3, 0.4) is 0 Å². The highest BCUT2D eigenvalue weighted by molar-refractivity contribution is 5.30. The van der Waals surface area contributed by atoms with Gasteiger partial charge in [-0.05, 0) is 25.2 Å². The zero-order valence-electron chi connectivity index (χ0n) is 8.27. The predicted octanol–water partition coefficient (Wildman–Crippen LogP) is 2.30. The molecular formula is C10H12F3NO. The fourth-order valence-electron chi connectivity index (χ4n) is 1.03. The van der Waals surface area contributed by atoms with Crippen molar-refractivity contribution in [2.75, 3.05) is 20.2 Å². The molecule has 5 heteroatoms. The minimum atomic E-state index is -4.32. The smallest absolute Gasteiger partial charge is 0.416 e. The molecule has 0 radical (unpaired) electrons. The van der Waals surface area contributed by atoms with E-state index in [9.17, 15) is 13.2 Å². The zero-order chi connectivity index (χ0) is 11.3. The van der Waals surface area contributed by atoms with Crippen LogP contribution in [0.25, 0.3) is 0 Å². The van der Waals surface area contributed by atoms with Crippen molar-refractivity contribution in [1.29, 1.82) is 0 Å². The van der Waals surface area contributed by atoms with Gasteiger partial charge >= 0.3 is 6.18 Å². The van der Waals surface area contributed by atoms with E-state index in [4.69, 9.17) is 4.74 Å². The average Bonchev–Trinajstić information content (AvgIpc) is 2.17. The van der Waals surface area contributed by atoms with Gasteiger partial charge in [0, 0.05) is 6.54 Å². The van der Waals surface area contributed by atoms with E-state index >= 15 is 0 Å². The van der Waals surface area contributed by atoms with Gasteiger partial charge in [-0.15, -0.1) is 0 Å². The maximum absolute atomic E-state index is 12.3. The quantitative estimate of drug-likeness (QED) is 0.784. The molecule has 1 rings (SSSR count). The van der Waals surface area contributed by atoms with Crippen LogP contribution in [0.1, 0.15) is 5.56 Å². The van der Waals surface area contributed by atoms with E-state index < -0.39 is 11.7 Å². The van der Waals surface area contributed by atoms with Crippen LogP contribution in [-0.4, -0.2) is 20.2 Å². The lowest BCUT2D eigenvalue weighted by molar-refractivity contribution is -0.137. The van der Waals surface area contributed by atoms with Gasteiger partial charge in [0.15, 0.2) is 0 Å². The van der Waals surface area contributed by atoms with Crippen LogP contribution < -0.4 is 10.1 Å². The number of hydrogen-bond acceptors (Lipinski definition) is 2. The molecule has 2 nitrogen and oxygen atoms in total.